The lowest BCUT2D eigenvalue weighted by atomic mass is 10.1. The Hall–Kier alpha value is -3.30. The van der Waals surface area contributed by atoms with E-state index >= 15 is 0 Å². The maximum absolute atomic E-state index is 12.4. The van der Waals surface area contributed by atoms with Gasteiger partial charge in [0.15, 0.2) is 0 Å². The monoisotopic (exact) mass is 462 g/mol. The predicted molar refractivity (Wildman–Crippen MR) is 107 cm³/mol. The van der Waals surface area contributed by atoms with E-state index in [0.717, 1.165) is 0 Å². The Bertz CT molecular complexity index is 702. The second-order valence-corrected chi connectivity index (χ2v) is 6.86. The number of carboxylic acid groups (broad SMARTS) is 2. The van der Waals surface area contributed by atoms with Gasteiger partial charge in [-0.05, 0) is 25.8 Å². The first-order chi connectivity index (χ1) is 14.9. The molecular weight excluding hydrogens is 432 g/mol. The highest BCUT2D eigenvalue weighted by Gasteiger charge is 2.31. The Morgan fingerprint density at radius 2 is 1.31 bits per heavy atom. The average Bonchev–Trinajstić information content (AvgIpc) is 2.69. The molecule has 0 aromatic rings. The smallest absolute Gasteiger partial charge is 0.326 e. The van der Waals surface area contributed by atoms with Crippen molar-refractivity contribution in [2.24, 2.45) is 17.2 Å². The van der Waals surface area contributed by atoms with Crippen molar-refractivity contribution in [2.75, 3.05) is 13.2 Å². The minimum Gasteiger partial charge on any atom is -0.481 e. The molecule has 0 radical (unpaired) electrons. The van der Waals surface area contributed by atoms with Gasteiger partial charge in [0.1, 0.15) is 18.1 Å². The number of nitrogens with two attached hydrogens (primary N) is 3. The van der Waals surface area contributed by atoms with Gasteiger partial charge in [-0.2, -0.15) is 0 Å². The van der Waals surface area contributed by atoms with Gasteiger partial charge >= 0.3 is 11.9 Å². The van der Waals surface area contributed by atoms with Crippen LogP contribution in [0.15, 0.2) is 0 Å². The molecule has 12 N–H and O–H groups in total. The lowest BCUT2D eigenvalue weighted by Gasteiger charge is -2.23. The zero-order valence-electron chi connectivity index (χ0n) is 17.3. The second-order valence-electron chi connectivity index (χ2n) is 6.86. The summed E-state index contributed by atoms with van der Waals surface area (Å²) in [5, 5.41) is 33.9. The Morgan fingerprint density at radius 1 is 0.781 bits per heavy atom. The number of aliphatic hydroxyl groups is 1. The topological polar surface area (TPSA) is 277 Å². The molecule has 0 saturated heterocycles. The molecule has 0 aromatic heterocycles. The zero-order valence-corrected chi connectivity index (χ0v) is 17.3. The van der Waals surface area contributed by atoms with Crippen molar-refractivity contribution in [2.45, 2.75) is 56.3 Å². The molecule has 0 aromatic carbocycles. The van der Waals surface area contributed by atoms with Gasteiger partial charge in [-0.15, -0.1) is 0 Å². The third-order valence-electron chi connectivity index (χ3n) is 4.15. The van der Waals surface area contributed by atoms with Crippen molar-refractivity contribution < 1.29 is 44.1 Å². The Balaban J connectivity index is 5.24. The molecule has 0 spiro atoms. The number of amides is 4. The first kappa shape index (κ1) is 28.7. The summed E-state index contributed by atoms with van der Waals surface area (Å²) in [6.45, 7) is -0.630. The van der Waals surface area contributed by atoms with Crippen LogP contribution in [0, 0.1) is 0 Å². The summed E-state index contributed by atoms with van der Waals surface area (Å²) >= 11 is 0. The second kappa shape index (κ2) is 14.7. The van der Waals surface area contributed by atoms with Gasteiger partial charge in [0, 0.05) is 0 Å². The molecule has 0 aliphatic heterocycles. The molecule has 0 bridgehead atoms. The van der Waals surface area contributed by atoms with Crippen LogP contribution in [0.1, 0.15) is 32.1 Å². The molecule has 182 valence electrons. The number of carboxylic acids is 2. The standard InChI is InChI=1S/C17H30N6O9/c18-4-2-1-3-9(17(31)32)21-15(29)10(6-13(26)27)22-16(30)11(7-24)23-14(28)8(19)5-12(20)25/h8-11,24H,1-7,18-19H2,(H2,20,25)(H,21,29)(H,22,30)(H,23,28)(H,26,27)(H,31,32). The summed E-state index contributed by atoms with van der Waals surface area (Å²) in [4.78, 5) is 70.0. The third-order valence-corrected chi connectivity index (χ3v) is 4.15. The summed E-state index contributed by atoms with van der Waals surface area (Å²) < 4.78 is 0. The van der Waals surface area contributed by atoms with Crippen molar-refractivity contribution >= 4 is 35.6 Å². The van der Waals surface area contributed by atoms with E-state index in [1.54, 1.807) is 0 Å². The number of carbonyl (C=O) groups is 6. The van der Waals surface area contributed by atoms with E-state index in [2.05, 4.69) is 5.32 Å². The minimum atomic E-state index is -1.71. The SMILES string of the molecule is NCCCCC(NC(=O)C(CC(=O)O)NC(=O)C(CO)NC(=O)C(N)CC(N)=O)C(=O)O. The highest BCUT2D eigenvalue weighted by atomic mass is 16.4. The number of hydrogen-bond acceptors (Lipinski definition) is 9. The van der Waals surface area contributed by atoms with E-state index in [0.29, 0.717) is 19.4 Å². The van der Waals surface area contributed by atoms with Gasteiger partial charge in [0.25, 0.3) is 0 Å². The summed E-state index contributed by atoms with van der Waals surface area (Å²) in [6, 6.07) is -6.09. The van der Waals surface area contributed by atoms with E-state index in [9.17, 15) is 39.0 Å². The summed E-state index contributed by atoms with van der Waals surface area (Å²) in [6.07, 6.45) is -0.520. The lowest BCUT2D eigenvalue weighted by Crippen LogP contribution is -2.58. The number of rotatable bonds is 16. The normalized spacial score (nSPS) is 14.3. The molecule has 0 fully saturated rings. The number of nitrogens with one attached hydrogen (secondary N) is 3. The Kier molecular flexibility index (Phi) is 13.1. The van der Waals surface area contributed by atoms with E-state index < -0.39 is 79.2 Å². The van der Waals surface area contributed by atoms with Crippen LogP contribution in [0.4, 0.5) is 0 Å². The molecule has 15 heteroatoms. The molecule has 4 atom stereocenters. The third kappa shape index (κ3) is 11.2. The van der Waals surface area contributed by atoms with Crippen molar-refractivity contribution in [1.82, 2.24) is 16.0 Å². The van der Waals surface area contributed by atoms with E-state index in [4.69, 9.17) is 22.3 Å². The number of aliphatic hydroxyl groups excluding tert-OH is 1. The zero-order chi connectivity index (χ0) is 24.8. The van der Waals surface area contributed by atoms with Crippen LogP contribution < -0.4 is 33.2 Å². The molecule has 15 nitrogen and oxygen atoms in total. The number of primary amides is 1. The summed E-state index contributed by atoms with van der Waals surface area (Å²) in [7, 11) is 0. The first-order valence-electron chi connectivity index (χ1n) is 9.63. The molecule has 0 aliphatic rings. The van der Waals surface area contributed by atoms with Crippen LogP contribution >= 0.6 is 0 Å². The Morgan fingerprint density at radius 3 is 1.78 bits per heavy atom. The number of aliphatic carboxylic acids is 2. The van der Waals surface area contributed by atoms with Crippen LogP contribution in [0.5, 0.6) is 0 Å². The molecule has 32 heavy (non-hydrogen) atoms. The van der Waals surface area contributed by atoms with Crippen LogP contribution in [-0.4, -0.2) is 88.2 Å². The molecule has 4 unspecified atom stereocenters. The van der Waals surface area contributed by atoms with Crippen molar-refractivity contribution in [1.29, 1.82) is 0 Å². The maximum atomic E-state index is 12.4. The highest BCUT2D eigenvalue weighted by molar-refractivity contribution is 5.96. The van der Waals surface area contributed by atoms with Crippen LogP contribution in [0.3, 0.4) is 0 Å². The minimum absolute atomic E-state index is 0.0269. The van der Waals surface area contributed by atoms with Gasteiger partial charge in [0.05, 0.1) is 25.5 Å². The van der Waals surface area contributed by atoms with Gasteiger partial charge < -0.3 is 48.5 Å². The molecule has 0 heterocycles. The lowest BCUT2D eigenvalue weighted by molar-refractivity contribution is -0.144. The van der Waals surface area contributed by atoms with Gasteiger partial charge in [0.2, 0.25) is 23.6 Å². The molecule has 0 saturated carbocycles. The first-order valence-corrected chi connectivity index (χ1v) is 9.63. The van der Waals surface area contributed by atoms with E-state index in [-0.39, 0.29) is 6.42 Å². The molecule has 0 aliphatic carbocycles. The van der Waals surface area contributed by atoms with Crippen LogP contribution in [0.25, 0.3) is 0 Å². The fraction of sp³-hybridized carbons (Fsp3) is 0.647. The van der Waals surface area contributed by atoms with Crippen LogP contribution in [0.2, 0.25) is 0 Å². The fourth-order valence-electron chi connectivity index (χ4n) is 2.46. The van der Waals surface area contributed by atoms with Gasteiger partial charge in [-0.1, -0.05) is 0 Å². The van der Waals surface area contributed by atoms with E-state index in [1.165, 1.54) is 0 Å². The van der Waals surface area contributed by atoms with Gasteiger partial charge in [-0.3, -0.25) is 24.0 Å². The molecule has 4 amide bonds. The van der Waals surface area contributed by atoms with Crippen molar-refractivity contribution in [3.63, 3.8) is 0 Å². The number of carbonyl (C=O) groups excluding carboxylic acids is 4. The molecular formula is C17H30N6O9. The van der Waals surface area contributed by atoms with E-state index in [1.807, 2.05) is 10.6 Å². The molecule has 0 rings (SSSR count). The largest absolute Gasteiger partial charge is 0.481 e. The summed E-state index contributed by atoms with van der Waals surface area (Å²) in [5.74, 6) is -6.94. The highest BCUT2D eigenvalue weighted by Crippen LogP contribution is 2.03. The van der Waals surface area contributed by atoms with Crippen LogP contribution in [-0.2, 0) is 28.8 Å². The average molecular weight is 462 g/mol. The van der Waals surface area contributed by atoms with Crippen molar-refractivity contribution in [3.05, 3.63) is 0 Å². The predicted octanol–water partition coefficient (Wildman–Crippen LogP) is -4.68. The van der Waals surface area contributed by atoms with Gasteiger partial charge in [-0.25, -0.2) is 4.79 Å². The fourth-order valence-corrected chi connectivity index (χ4v) is 2.46. The number of hydrogen-bond donors (Lipinski definition) is 9. The Labute approximate surface area is 183 Å². The summed E-state index contributed by atoms with van der Waals surface area (Å²) in [5.41, 5.74) is 15.7. The maximum Gasteiger partial charge on any atom is 0.326 e. The quantitative estimate of drug-likeness (QED) is 0.0982. The number of unbranched alkanes of at least 4 members (excludes halogenated alkanes) is 1. The van der Waals surface area contributed by atoms with Crippen molar-refractivity contribution in [3.8, 4) is 0 Å².